The fourth-order valence-electron chi connectivity index (χ4n) is 1.97. The summed E-state index contributed by atoms with van der Waals surface area (Å²) in [7, 11) is 0. The van der Waals surface area contributed by atoms with Gasteiger partial charge >= 0.3 is 0 Å². The van der Waals surface area contributed by atoms with Gasteiger partial charge in [0.05, 0.1) is 11.0 Å². The van der Waals surface area contributed by atoms with Crippen molar-refractivity contribution >= 4 is 28.7 Å². The van der Waals surface area contributed by atoms with Gasteiger partial charge in [-0.15, -0.1) is 0 Å². The molecule has 98 valence electrons. The number of nitrogens with zero attached hydrogens (tertiary/aromatic N) is 2. The van der Waals surface area contributed by atoms with E-state index >= 15 is 0 Å². The highest BCUT2D eigenvalue weighted by atomic mass is 16.6. The van der Waals surface area contributed by atoms with Gasteiger partial charge in [-0.25, -0.2) is 0 Å². The number of carbonyl (C=O) groups is 1. The Hall–Kier alpha value is -2.64. The Balaban J connectivity index is 1.85. The third-order valence-corrected chi connectivity index (χ3v) is 2.89. The molecule has 1 aliphatic heterocycles. The van der Waals surface area contributed by atoms with Crippen molar-refractivity contribution in [2.75, 3.05) is 11.9 Å². The molecule has 1 aromatic carbocycles. The molecule has 8 heteroatoms. The van der Waals surface area contributed by atoms with Crippen LogP contribution in [0.3, 0.4) is 0 Å². The van der Waals surface area contributed by atoms with E-state index in [1.807, 2.05) is 0 Å². The Morgan fingerprint density at radius 3 is 3.05 bits per heavy atom. The molecule has 1 saturated heterocycles. The minimum Gasteiger partial charge on any atom is -0.424 e. The van der Waals surface area contributed by atoms with Crippen LogP contribution in [-0.2, 0) is 4.79 Å². The van der Waals surface area contributed by atoms with Crippen LogP contribution < -0.4 is 10.6 Å². The molecule has 2 heterocycles. The number of hydrogen-bond donors (Lipinski definition) is 2. The molecule has 2 N–H and O–H groups in total. The van der Waals surface area contributed by atoms with E-state index in [0.29, 0.717) is 24.1 Å². The van der Waals surface area contributed by atoms with E-state index in [0.717, 1.165) is 0 Å². The number of nitro benzene ring substituents is 1. The first-order valence-corrected chi connectivity index (χ1v) is 5.70. The normalized spacial score (nSPS) is 18.5. The zero-order valence-electron chi connectivity index (χ0n) is 9.75. The molecule has 1 fully saturated rings. The van der Waals surface area contributed by atoms with Crippen molar-refractivity contribution in [3.8, 4) is 0 Å². The van der Waals surface area contributed by atoms with Gasteiger partial charge in [0.1, 0.15) is 5.52 Å². The Bertz CT molecular complexity index is 666. The summed E-state index contributed by atoms with van der Waals surface area (Å²) in [6.45, 7) is 0.512. The van der Waals surface area contributed by atoms with Gasteiger partial charge in [0.25, 0.3) is 11.7 Å². The molecule has 1 atom stereocenters. The molecule has 1 unspecified atom stereocenters. The number of nitro groups is 1. The summed E-state index contributed by atoms with van der Waals surface area (Å²) >= 11 is 0. The van der Waals surface area contributed by atoms with Crippen LogP contribution in [0.1, 0.15) is 6.42 Å². The smallest absolute Gasteiger partial charge is 0.295 e. The monoisotopic (exact) mass is 262 g/mol. The quantitative estimate of drug-likeness (QED) is 0.631. The maximum Gasteiger partial charge on any atom is 0.295 e. The lowest BCUT2D eigenvalue weighted by Gasteiger charge is -2.06. The predicted octanol–water partition coefficient (Wildman–Crippen LogP) is 1.04. The molecule has 0 bridgehead atoms. The first-order chi connectivity index (χ1) is 9.11. The first kappa shape index (κ1) is 11.5. The number of non-ortho nitro benzene ring substituents is 1. The van der Waals surface area contributed by atoms with Crippen molar-refractivity contribution < 1.29 is 14.1 Å². The van der Waals surface area contributed by atoms with Crippen molar-refractivity contribution in [1.29, 1.82) is 0 Å². The third-order valence-electron chi connectivity index (χ3n) is 2.89. The summed E-state index contributed by atoms with van der Waals surface area (Å²) in [4.78, 5) is 25.3. The molecule has 19 heavy (non-hydrogen) atoms. The number of benzene rings is 1. The summed E-state index contributed by atoms with van der Waals surface area (Å²) in [5, 5.41) is 16.3. The molecule has 0 spiro atoms. The molecule has 0 radical (unpaired) electrons. The highest BCUT2D eigenvalue weighted by molar-refractivity contribution is 5.80. The number of amides is 1. The van der Waals surface area contributed by atoms with Crippen LogP contribution in [0, 0.1) is 10.1 Å². The second kappa shape index (κ2) is 4.23. The van der Waals surface area contributed by atoms with E-state index in [1.54, 1.807) is 0 Å². The summed E-state index contributed by atoms with van der Waals surface area (Å²) in [5.41, 5.74) is 0.837. The SMILES string of the molecule is O=C1CC(Nc2nc3cc([N+](=O)[O-])ccc3o2)CN1. The Morgan fingerprint density at radius 2 is 2.37 bits per heavy atom. The van der Waals surface area contributed by atoms with Gasteiger partial charge in [-0.2, -0.15) is 4.98 Å². The van der Waals surface area contributed by atoms with Gasteiger partial charge in [-0.1, -0.05) is 0 Å². The molecule has 8 nitrogen and oxygen atoms in total. The molecule has 3 rings (SSSR count). The van der Waals surface area contributed by atoms with Crippen LogP contribution >= 0.6 is 0 Å². The molecule has 1 aliphatic rings. The zero-order valence-corrected chi connectivity index (χ0v) is 9.75. The van der Waals surface area contributed by atoms with Gasteiger partial charge in [-0.3, -0.25) is 14.9 Å². The van der Waals surface area contributed by atoms with E-state index in [2.05, 4.69) is 15.6 Å². The maximum atomic E-state index is 11.1. The van der Waals surface area contributed by atoms with Crippen molar-refractivity contribution in [3.05, 3.63) is 28.3 Å². The van der Waals surface area contributed by atoms with E-state index in [1.165, 1.54) is 18.2 Å². The molecule has 0 aliphatic carbocycles. The topological polar surface area (TPSA) is 110 Å². The minimum atomic E-state index is -0.485. The van der Waals surface area contributed by atoms with E-state index in [9.17, 15) is 14.9 Å². The molecular weight excluding hydrogens is 252 g/mol. The van der Waals surface area contributed by atoms with Gasteiger partial charge < -0.3 is 15.1 Å². The van der Waals surface area contributed by atoms with Crippen LogP contribution in [0.2, 0.25) is 0 Å². The number of oxazole rings is 1. The number of aromatic nitrogens is 1. The summed E-state index contributed by atoms with van der Waals surface area (Å²) < 4.78 is 5.42. The van der Waals surface area contributed by atoms with Crippen LogP contribution in [0.15, 0.2) is 22.6 Å². The van der Waals surface area contributed by atoms with Gasteiger partial charge in [0, 0.05) is 25.1 Å². The average molecular weight is 262 g/mol. The lowest BCUT2D eigenvalue weighted by molar-refractivity contribution is -0.384. The number of carbonyl (C=O) groups excluding carboxylic acids is 1. The largest absolute Gasteiger partial charge is 0.424 e. The Kier molecular flexibility index (Phi) is 2.55. The predicted molar refractivity (Wildman–Crippen MR) is 65.7 cm³/mol. The molecule has 0 saturated carbocycles. The van der Waals surface area contributed by atoms with Gasteiger partial charge in [-0.05, 0) is 6.07 Å². The zero-order chi connectivity index (χ0) is 13.4. The van der Waals surface area contributed by atoms with Crippen molar-refractivity contribution in [2.24, 2.45) is 0 Å². The van der Waals surface area contributed by atoms with Crippen molar-refractivity contribution in [3.63, 3.8) is 0 Å². The van der Waals surface area contributed by atoms with Gasteiger partial charge in [0.15, 0.2) is 5.58 Å². The maximum absolute atomic E-state index is 11.1. The molecule has 1 amide bonds. The summed E-state index contributed by atoms with van der Waals surface area (Å²) in [6.07, 6.45) is 0.360. The van der Waals surface area contributed by atoms with Crippen LogP contribution in [-0.4, -0.2) is 28.4 Å². The molecular formula is C11H10N4O4. The number of rotatable bonds is 3. The fraction of sp³-hybridized carbons (Fsp3) is 0.273. The fourth-order valence-corrected chi connectivity index (χ4v) is 1.97. The number of fused-ring (bicyclic) bond motifs is 1. The third kappa shape index (κ3) is 2.19. The van der Waals surface area contributed by atoms with E-state index in [-0.39, 0.29) is 23.7 Å². The number of nitrogens with one attached hydrogen (secondary N) is 2. The second-order valence-electron chi connectivity index (χ2n) is 4.28. The van der Waals surface area contributed by atoms with Gasteiger partial charge in [0.2, 0.25) is 5.91 Å². The highest BCUT2D eigenvalue weighted by Gasteiger charge is 2.23. The number of anilines is 1. The first-order valence-electron chi connectivity index (χ1n) is 5.70. The van der Waals surface area contributed by atoms with E-state index < -0.39 is 4.92 Å². The van der Waals surface area contributed by atoms with Crippen molar-refractivity contribution in [1.82, 2.24) is 10.3 Å². The highest BCUT2D eigenvalue weighted by Crippen LogP contribution is 2.24. The summed E-state index contributed by atoms with van der Waals surface area (Å²) in [5.74, 6) is -0.0238. The lowest BCUT2D eigenvalue weighted by atomic mass is 10.3. The van der Waals surface area contributed by atoms with Crippen molar-refractivity contribution in [2.45, 2.75) is 12.5 Å². The molecule has 1 aromatic heterocycles. The Morgan fingerprint density at radius 1 is 1.53 bits per heavy atom. The van der Waals surface area contributed by atoms with Crippen LogP contribution in [0.5, 0.6) is 0 Å². The average Bonchev–Trinajstić information content (AvgIpc) is 2.94. The standard InChI is InChI=1S/C11H10N4O4/c16-10-3-6(5-12-10)13-11-14-8-4-7(15(17)18)1-2-9(8)19-11/h1-2,4,6H,3,5H2,(H,12,16)(H,13,14). The van der Waals surface area contributed by atoms with Crippen LogP contribution in [0.25, 0.3) is 11.1 Å². The van der Waals surface area contributed by atoms with E-state index in [4.69, 9.17) is 4.42 Å². The molecule has 2 aromatic rings. The minimum absolute atomic E-state index is 0.0238. The summed E-state index contributed by atoms with van der Waals surface area (Å²) in [6, 6.07) is 4.40. The second-order valence-corrected chi connectivity index (χ2v) is 4.28. The number of hydrogen-bond acceptors (Lipinski definition) is 6. The lowest BCUT2D eigenvalue weighted by Crippen LogP contribution is -2.22. The Labute approximate surface area is 106 Å². The van der Waals surface area contributed by atoms with Crippen LogP contribution in [0.4, 0.5) is 11.7 Å².